The largest absolute Gasteiger partial charge is 0.345 e. The summed E-state index contributed by atoms with van der Waals surface area (Å²) in [5, 5.41) is 0. The standard InChI is InChI=1S/C12H22BrNO/c1-10(13)9-14(2)12(15)8-7-11-5-3-4-6-11/h10-11H,3-9H2,1-2H3. The second kappa shape index (κ2) is 6.51. The first kappa shape index (κ1) is 13.0. The number of halogens is 1. The molecule has 15 heavy (non-hydrogen) atoms. The molecule has 0 saturated heterocycles. The zero-order valence-corrected chi connectivity index (χ0v) is 11.4. The van der Waals surface area contributed by atoms with Crippen molar-refractivity contribution < 1.29 is 4.79 Å². The van der Waals surface area contributed by atoms with Gasteiger partial charge in [0.1, 0.15) is 0 Å². The normalized spacial score (nSPS) is 19.1. The first-order chi connectivity index (χ1) is 7.09. The Balaban J connectivity index is 2.16. The van der Waals surface area contributed by atoms with E-state index in [0.29, 0.717) is 10.7 Å². The highest BCUT2D eigenvalue weighted by atomic mass is 79.9. The van der Waals surface area contributed by atoms with E-state index in [2.05, 4.69) is 22.9 Å². The van der Waals surface area contributed by atoms with Crippen LogP contribution in [0.15, 0.2) is 0 Å². The van der Waals surface area contributed by atoms with Crippen LogP contribution in [0, 0.1) is 5.92 Å². The van der Waals surface area contributed by atoms with Crippen molar-refractivity contribution in [2.24, 2.45) is 5.92 Å². The van der Waals surface area contributed by atoms with Crippen molar-refractivity contribution in [1.82, 2.24) is 4.90 Å². The lowest BCUT2D eigenvalue weighted by molar-refractivity contribution is -0.130. The van der Waals surface area contributed by atoms with Crippen molar-refractivity contribution in [1.29, 1.82) is 0 Å². The van der Waals surface area contributed by atoms with Crippen LogP contribution in [-0.4, -0.2) is 29.2 Å². The second-order valence-corrected chi connectivity index (χ2v) is 6.31. The number of carbonyl (C=O) groups is 1. The van der Waals surface area contributed by atoms with Gasteiger partial charge in [-0.05, 0) is 12.3 Å². The van der Waals surface area contributed by atoms with E-state index >= 15 is 0 Å². The van der Waals surface area contributed by atoms with Gasteiger partial charge in [0, 0.05) is 24.8 Å². The molecule has 0 aromatic carbocycles. The summed E-state index contributed by atoms with van der Waals surface area (Å²) in [7, 11) is 1.90. The molecule has 1 fully saturated rings. The Hall–Kier alpha value is -0.0500. The summed E-state index contributed by atoms with van der Waals surface area (Å²) in [4.78, 5) is 14.0. The van der Waals surface area contributed by atoms with Crippen LogP contribution in [0.2, 0.25) is 0 Å². The summed E-state index contributed by atoms with van der Waals surface area (Å²) < 4.78 is 0. The van der Waals surface area contributed by atoms with E-state index in [4.69, 9.17) is 0 Å². The monoisotopic (exact) mass is 275 g/mol. The van der Waals surface area contributed by atoms with Gasteiger partial charge in [-0.3, -0.25) is 4.79 Å². The van der Waals surface area contributed by atoms with Crippen LogP contribution in [0.25, 0.3) is 0 Å². The quantitative estimate of drug-likeness (QED) is 0.706. The lowest BCUT2D eigenvalue weighted by atomic mass is 10.0. The van der Waals surface area contributed by atoms with Gasteiger partial charge in [-0.25, -0.2) is 0 Å². The van der Waals surface area contributed by atoms with Crippen molar-refractivity contribution in [3.63, 3.8) is 0 Å². The van der Waals surface area contributed by atoms with Gasteiger partial charge >= 0.3 is 0 Å². The van der Waals surface area contributed by atoms with Crippen molar-refractivity contribution in [2.75, 3.05) is 13.6 Å². The first-order valence-electron chi connectivity index (χ1n) is 5.97. The van der Waals surface area contributed by atoms with Gasteiger partial charge in [-0.2, -0.15) is 0 Å². The molecule has 1 unspecified atom stereocenters. The predicted molar refractivity (Wildman–Crippen MR) is 67.2 cm³/mol. The number of hydrogen-bond acceptors (Lipinski definition) is 1. The van der Waals surface area contributed by atoms with Crippen molar-refractivity contribution in [3.05, 3.63) is 0 Å². The zero-order chi connectivity index (χ0) is 11.3. The molecule has 1 aliphatic carbocycles. The van der Waals surface area contributed by atoms with Crippen LogP contribution in [0.1, 0.15) is 45.4 Å². The SMILES string of the molecule is CC(Br)CN(C)C(=O)CCC1CCCC1. The Kier molecular flexibility index (Phi) is 5.65. The smallest absolute Gasteiger partial charge is 0.222 e. The molecule has 0 aromatic rings. The number of hydrogen-bond donors (Lipinski definition) is 0. The summed E-state index contributed by atoms with van der Waals surface area (Å²) >= 11 is 3.47. The Bertz CT molecular complexity index is 200. The topological polar surface area (TPSA) is 20.3 Å². The maximum atomic E-state index is 11.7. The van der Waals surface area contributed by atoms with Crippen molar-refractivity contribution in [2.45, 2.75) is 50.3 Å². The van der Waals surface area contributed by atoms with E-state index in [1.807, 2.05) is 11.9 Å². The van der Waals surface area contributed by atoms with Gasteiger partial charge in [0.05, 0.1) is 0 Å². The minimum Gasteiger partial charge on any atom is -0.345 e. The van der Waals surface area contributed by atoms with E-state index in [0.717, 1.165) is 25.3 Å². The first-order valence-corrected chi connectivity index (χ1v) is 6.89. The highest BCUT2D eigenvalue weighted by Crippen LogP contribution is 2.28. The lowest BCUT2D eigenvalue weighted by Crippen LogP contribution is -2.31. The van der Waals surface area contributed by atoms with Crippen LogP contribution >= 0.6 is 15.9 Å². The summed E-state index contributed by atoms with van der Waals surface area (Å²) in [5.41, 5.74) is 0. The van der Waals surface area contributed by atoms with Crippen LogP contribution in [0.5, 0.6) is 0 Å². The number of amides is 1. The van der Waals surface area contributed by atoms with Gasteiger partial charge in [0.25, 0.3) is 0 Å². The predicted octanol–water partition coefficient (Wildman–Crippen LogP) is 3.20. The number of carbonyl (C=O) groups excluding carboxylic acids is 1. The molecule has 1 saturated carbocycles. The Morgan fingerprint density at radius 1 is 1.47 bits per heavy atom. The Labute approximate surface area is 102 Å². The molecule has 1 aliphatic rings. The Morgan fingerprint density at radius 3 is 2.60 bits per heavy atom. The molecule has 0 aliphatic heterocycles. The molecular formula is C12H22BrNO. The van der Waals surface area contributed by atoms with E-state index in [9.17, 15) is 4.79 Å². The molecule has 0 bridgehead atoms. The zero-order valence-electron chi connectivity index (χ0n) is 9.84. The molecule has 0 N–H and O–H groups in total. The molecule has 1 atom stereocenters. The number of alkyl halides is 1. The third kappa shape index (κ3) is 5.01. The molecule has 0 radical (unpaired) electrons. The van der Waals surface area contributed by atoms with E-state index in [-0.39, 0.29) is 0 Å². The summed E-state index contributed by atoms with van der Waals surface area (Å²) in [5.74, 6) is 1.12. The summed E-state index contributed by atoms with van der Waals surface area (Å²) in [6, 6.07) is 0. The molecule has 1 amide bonds. The van der Waals surface area contributed by atoms with Crippen molar-refractivity contribution >= 4 is 21.8 Å². The molecule has 2 nitrogen and oxygen atoms in total. The van der Waals surface area contributed by atoms with Crippen LogP contribution in [0.4, 0.5) is 0 Å². The fourth-order valence-corrected chi connectivity index (χ4v) is 2.73. The minimum atomic E-state index is 0.299. The fraction of sp³-hybridized carbons (Fsp3) is 0.917. The van der Waals surface area contributed by atoms with Crippen LogP contribution in [0.3, 0.4) is 0 Å². The van der Waals surface area contributed by atoms with Gasteiger partial charge in [0.2, 0.25) is 5.91 Å². The van der Waals surface area contributed by atoms with Gasteiger partial charge in [-0.1, -0.05) is 48.5 Å². The molecular weight excluding hydrogens is 254 g/mol. The molecule has 88 valence electrons. The molecule has 1 rings (SSSR count). The molecule has 0 spiro atoms. The lowest BCUT2D eigenvalue weighted by Gasteiger charge is -2.19. The average molecular weight is 276 g/mol. The van der Waals surface area contributed by atoms with E-state index in [1.165, 1.54) is 25.7 Å². The van der Waals surface area contributed by atoms with Crippen LogP contribution in [-0.2, 0) is 4.79 Å². The fourth-order valence-electron chi connectivity index (χ4n) is 2.30. The molecule has 3 heteroatoms. The minimum absolute atomic E-state index is 0.299. The summed E-state index contributed by atoms with van der Waals surface area (Å²) in [6.07, 6.45) is 7.25. The molecule has 0 heterocycles. The highest BCUT2D eigenvalue weighted by molar-refractivity contribution is 9.09. The maximum absolute atomic E-state index is 11.7. The Morgan fingerprint density at radius 2 is 2.07 bits per heavy atom. The average Bonchev–Trinajstić information content (AvgIpc) is 2.65. The third-order valence-corrected chi connectivity index (χ3v) is 3.48. The van der Waals surface area contributed by atoms with E-state index in [1.54, 1.807) is 0 Å². The third-order valence-electron chi connectivity index (χ3n) is 3.19. The van der Waals surface area contributed by atoms with E-state index < -0.39 is 0 Å². The number of rotatable bonds is 5. The highest BCUT2D eigenvalue weighted by Gasteiger charge is 2.17. The second-order valence-electron chi connectivity index (χ2n) is 4.74. The van der Waals surface area contributed by atoms with Crippen molar-refractivity contribution in [3.8, 4) is 0 Å². The number of nitrogens with zero attached hydrogens (tertiary/aromatic N) is 1. The van der Waals surface area contributed by atoms with Gasteiger partial charge in [0.15, 0.2) is 0 Å². The maximum Gasteiger partial charge on any atom is 0.222 e. The van der Waals surface area contributed by atoms with Gasteiger partial charge in [-0.15, -0.1) is 0 Å². The van der Waals surface area contributed by atoms with Crippen LogP contribution < -0.4 is 0 Å². The van der Waals surface area contributed by atoms with Gasteiger partial charge < -0.3 is 4.90 Å². The summed E-state index contributed by atoms with van der Waals surface area (Å²) in [6.45, 7) is 2.88. The molecule has 0 aromatic heterocycles.